The molecule has 1 aliphatic carbocycles. The smallest absolute Gasteiger partial charge is 0.254 e. The zero-order valence-corrected chi connectivity index (χ0v) is 11.6. The van der Waals surface area contributed by atoms with Crippen LogP contribution in [0.5, 0.6) is 0 Å². The van der Waals surface area contributed by atoms with Gasteiger partial charge in [0, 0.05) is 18.2 Å². The molecule has 20 heavy (non-hydrogen) atoms. The van der Waals surface area contributed by atoms with Gasteiger partial charge in [-0.05, 0) is 62.9 Å². The van der Waals surface area contributed by atoms with Gasteiger partial charge >= 0.3 is 0 Å². The predicted octanol–water partition coefficient (Wildman–Crippen LogP) is 2.43. The van der Waals surface area contributed by atoms with Crippen LogP contribution in [0.25, 0.3) is 0 Å². The van der Waals surface area contributed by atoms with Gasteiger partial charge in [-0.1, -0.05) is 6.07 Å². The van der Waals surface area contributed by atoms with E-state index in [0.29, 0.717) is 17.5 Å². The third-order valence-corrected chi connectivity index (χ3v) is 4.23. The summed E-state index contributed by atoms with van der Waals surface area (Å²) < 4.78 is 13.3. The summed E-state index contributed by atoms with van der Waals surface area (Å²) in [5.41, 5.74) is 0.478. The van der Waals surface area contributed by atoms with Crippen molar-refractivity contribution in [2.45, 2.75) is 31.7 Å². The highest BCUT2D eigenvalue weighted by Gasteiger charge is 2.34. The fourth-order valence-electron chi connectivity index (χ4n) is 2.91. The maximum Gasteiger partial charge on any atom is 0.254 e. The molecule has 1 saturated carbocycles. The lowest BCUT2D eigenvalue weighted by atomic mass is 9.97. The number of nitrogens with zero attached hydrogens (tertiary/aromatic N) is 1. The maximum absolute atomic E-state index is 13.3. The van der Waals surface area contributed by atoms with Crippen molar-refractivity contribution in [2.75, 3.05) is 19.6 Å². The second-order valence-electron chi connectivity index (χ2n) is 5.89. The third kappa shape index (κ3) is 3.18. The van der Waals surface area contributed by atoms with Crippen LogP contribution in [0, 0.1) is 11.7 Å². The standard InChI is InChI=1S/C16H21FN2O/c17-14-3-1-2-13(10-14)16(20)19(15-4-5-15)11-12-6-8-18-9-7-12/h1-3,10,12,15,18H,4-9,11H2. The van der Waals surface area contributed by atoms with Gasteiger partial charge in [-0.25, -0.2) is 4.39 Å². The van der Waals surface area contributed by atoms with Crippen molar-refractivity contribution < 1.29 is 9.18 Å². The summed E-state index contributed by atoms with van der Waals surface area (Å²) in [4.78, 5) is 14.6. The largest absolute Gasteiger partial charge is 0.335 e. The molecule has 3 nitrogen and oxygen atoms in total. The van der Waals surface area contributed by atoms with E-state index in [0.717, 1.165) is 45.3 Å². The first-order valence-electron chi connectivity index (χ1n) is 7.51. The van der Waals surface area contributed by atoms with Gasteiger partial charge in [0.2, 0.25) is 0 Å². The zero-order chi connectivity index (χ0) is 13.9. The summed E-state index contributed by atoms with van der Waals surface area (Å²) >= 11 is 0. The van der Waals surface area contributed by atoms with Gasteiger partial charge in [0.15, 0.2) is 0 Å². The Bertz CT molecular complexity index is 481. The molecule has 3 rings (SSSR count). The normalized spacial score (nSPS) is 19.9. The van der Waals surface area contributed by atoms with Gasteiger partial charge in [0.25, 0.3) is 5.91 Å². The first kappa shape index (κ1) is 13.6. The van der Waals surface area contributed by atoms with Gasteiger partial charge in [-0.15, -0.1) is 0 Å². The molecule has 0 unspecified atom stereocenters. The molecular weight excluding hydrogens is 255 g/mol. The molecule has 4 heteroatoms. The maximum atomic E-state index is 13.3. The minimum absolute atomic E-state index is 0.00877. The SMILES string of the molecule is O=C(c1cccc(F)c1)N(CC1CCNCC1)C1CC1. The molecule has 0 atom stereocenters. The number of hydrogen-bond donors (Lipinski definition) is 1. The number of halogens is 1. The van der Waals surface area contributed by atoms with Crippen LogP contribution in [0.1, 0.15) is 36.0 Å². The van der Waals surface area contributed by atoms with Crippen molar-refractivity contribution in [1.29, 1.82) is 0 Å². The second-order valence-corrected chi connectivity index (χ2v) is 5.89. The highest BCUT2D eigenvalue weighted by molar-refractivity contribution is 5.94. The minimum Gasteiger partial charge on any atom is -0.335 e. The van der Waals surface area contributed by atoms with E-state index < -0.39 is 0 Å². The molecule has 0 bridgehead atoms. The lowest BCUT2D eigenvalue weighted by molar-refractivity contribution is 0.0701. The quantitative estimate of drug-likeness (QED) is 0.916. The van der Waals surface area contributed by atoms with Crippen LogP contribution in [0.2, 0.25) is 0 Å². The van der Waals surface area contributed by atoms with Crippen molar-refractivity contribution in [3.05, 3.63) is 35.6 Å². The number of carbonyl (C=O) groups is 1. The van der Waals surface area contributed by atoms with E-state index in [1.165, 1.54) is 12.1 Å². The van der Waals surface area contributed by atoms with Crippen molar-refractivity contribution >= 4 is 5.91 Å². The molecule has 2 aliphatic rings. The molecular formula is C16H21FN2O. The lowest BCUT2D eigenvalue weighted by Crippen LogP contribution is -2.40. The summed E-state index contributed by atoms with van der Waals surface area (Å²) in [5, 5.41) is 3.35. The van der Waals surface area contributed by atoms with Crippen LogP contribution in [0.15, 0.2) is 24.3 Å². The molecule has 1 aromatic rings. The van der Waals surface area contributed by atoms with E-state index in [2.05, 4.69) is 5.32 Å². The molecule has 1 aliphatic heterocycles. The topological polar surface area (TPSA) is 32.3 Å². The second kappa shape index (κ2) is 5.92. The Kier molecular flexibility index (Phi) is 4.01. The number of rotatable bonds is 4. The van der Waals surface area contributed by atoms with Crippen LogP contribution < -0.4 is 5.32 Å². The van der Waals surface area contributed by atoms with E-state index >= 15 is 0 Å². The fraction of sp³-hybridized carbons (Fsp3) is 0.562. The predicted molar refractivity (Wildman–Crippen MR) is 76.1 cm³/mol. The number of piperidine rings is 1. The van der Waals surface area contributed by atoms with Gasteiger partial charge in [0.1, 0.15) is 5.82 Å². The Hall–Kier alpha value is -1.42. The molecule has 1 aromatic carbocycles. The summed E-state index contributed by atoms with van der Waals surface area (Å²) in [6.45, 7) is 2.90. The van der Waals surface area contributed by atoms with Gasteiger partial charge in [-0.2, -0.15) is 0 Å². The summed E-state index contributed by atoms with van der Waals surface area (Å²) in [7, 11) is 0. The molecule has 108 valence electrons. The summed E-state index contributed by atoms with van der Waals surface area (Å²) in [6.07, 6.45) is 4.43. The minimum atomic E-state index is -0.339. The van der Waals surface area contributed by atoms with Crippen LogP contribution in [-0.4, -0.2) is 36.5 Å². The van der Waals surface area contributed by atoms with E-state index in [1.807, 2.05) is 4.90 Å². The summed E-state index contributed by atoms with van der Waals surface area (Å²) in [5.74, 6) is 0.230. The average molecular weight is 276 g/mol. The molecule has 1 N–H and O–H groups in total. The van der Waals surface area contributed by atoms with E-state index in [4.69, 9.17) is 0 Å². The third-order valence-electron chi connectivity index (χ3n) is 4.23. The number of benzene rings is 1. The molecule has 1 amide bonds. The Morgan fingerprint density at radius 2 is 2.00 bits per heavy atom. The number of nitrogens with one attached hydrogen (secondary N) is 1. The average Bonchev–Trinajstić information content (AvgIpc) is 3.30. The highest BCUT2D eigenvalue weighted by Crippen LogP contribution is 2.30. The molecule has 0 spiro atoms. The Morgan fingerprint density at radius 1 is 1.25 bits per heavy atom. The van der Waals surface area contributed by atoms with Crippen molar-refractivity contribution in [3.8, 4) is 0 Å². The van der Waals surface area contributed by atoms with E-state index in [9.17, 15) is 9.18 Å². The van der Waals surface area contributed by atoms with Crippen molar-refractivity contribution in [1.82, 2.24) is 10.2 Å². The van der Waals surface area contributed by atoms with Crippen LogP contribution in [0.3, 0.4) is 0 Å². The monoisotopic (exact) mass is 276 g/mol. The molecule has 2 fully saturated rings. The first-order chi connectivity index (χ1) is 9.74. The van der Waals surface area contributed by atoms with Gasteiger partial charge < -0.3 is 10.2 Å². The van der Waals surface area contributed by atoms with Crippen LogP contribution in [0.4, 0.5) is 4.39 Å². The van der Waals surface area contributed by atoms with Gasteiger partial charge in [-0.3, -0.25) is 4.79 Å². The van der Waals surface area contributed by atoms with Crippen molar-refractivity contribution in [3.63, 3.8) is 0 Å². The fourth-order valence-corrected chi connectivity index (χ4v) is 2.91. The van der Waals surface area contributed by atoms with Crippen molar-refractivity contribution in [2.24, 2.45) is 5.92 Å². The van der Waals surface area contributed by atoms with Crippen LogP contribution >= 0.6 is 0 Å². The highest BCUT2D eigenvalue weighted by atomic mass is 19.1. The zero-order valence-electron chi connectivity index (χ0n) is 11.6. The van der Waals surface area contributed by atoms with E-state index in [1.54, 1.807) is 12.1 Å². The first-order valence-corrected chi connectivity index (χ1v) is 7.51. The molecule has 0 radical (unpaired) electrons. The summed E-state index contributed by atoms with van der Waals surface area (Å²) in [6, 6.07) is 6.42. The van der Waals surface area contributed by atoms with Gasteiger partial charge in [0.05, 0.1) is 0 Å². The molecule has 1 saturated heterocycles. The Morgan fingerprint density at radius 3 is 2.65 bits per heavy atom. The molecule has 0 aromatic heterocycles. The molecule has 1 heterocycles. The van der Waals surface area contributed by atoms with E-state index in [-0.39, 0.29) is 11.7 Å². The number of hydrogen-bond acceptors (Lipinski definition) is 2. The Balaban J connectivity index is 1.71. The number of amides is 1. The van der Waals surface area contributed by atoms with Crippen LogP contribution in [-0.2, 0) is 0 Å². The Labute approximate surface area is 119 Å². The number of carbonyl (C=O) groups excluding carboxylic acids is 1. The lowest BCUT2D eigenvalue weighted by Gasteiger charge is -2.30.